The van der Waals surface area contributed by atoms with Crippen LogP contribution in [0.5, 0.6) is 0 Å². The molecular weight excluding hydrogens is 364 g/mol. The Morgan fingerprint density at radius 2 is 1.79 bits per heavy atom. The average Bonchev–Trinajstić information content (AvgIpc) is 2.61. The summed E-state index contributed by atoms with van der Waals surface area (Å²) in [6, 6.07) is 10.2. The second-order valence-electron chi connectivity index (χ2n) is 9.53. The van der Waals surface area contributed by atoms with E-state index >= 15 is 0 Å². The van der Waals surface area contributed by atoms with Gasteiger partial charge in [-0.05, 0) is 49.0 Å². The number of carboxylic acids is 1. The molecule has 0 spiro atoms. The summed E-state index contributed by atoms with van der Waals surface area (Å²) in [5.74, 6) is 0.632. The Kier molecular flexibility index (Phi) is 8.23. The first-order valence-electron chi connectivity index (χ1n) is 10.7. The Bertz CT molecular complexity index is 688. The number of allylic oxidation sites excluding steroid dienone is 1. The highest BCUT2D eigenvalue weighted by Gasteiger charge is 2.34. The van der Waals surface area contributed by atoms with Crippen molar-refractivity contribution < 1.29 is 14.7 Å². The fourth-order valence-corrected chi connectivity index (χ4v) is 5.89. The lowest BCUT2D eigenvalue weighted by atomic mass is 9.69. The van der Waals surface area contributed by atoms with Crippen molar-refractivity contribution >= 4 is 19.8 Å². The van der Waals surface area contributed by atoms with Crippen molar-refractivity contribution in [3.05, 3.63) is 47.2 Å². The molecule has 0 amide bonds. The lowest BCUT2D eigenvalue weighted by molar-refractivity contribution is -0.138. The summed E-state index contributed by atoms with van der Waals surface area (Å²) in [4.78, 5) is 23.9. The van der Waals surface area contributed by atoms with Crippen LogP contribution in [0, 0.1) is 17.8 Å². The predicted octanol–water partition coefficient (Wildman–Crippen LogP) is 5.91. The predicted molar refractivity (Wildman–Crippen MR) is 118 cm³/mol. The highest BCUT2D eigenvalue weighted by atomic mass is 28.3. The maximum absolute atomic E-state index is 12.5. The van der Waals surface area contributed by atoms with E-state index < -0.39 is 14.0 Å². The highest BCUT2D eigenvalue weighted by Crippen LogP contribution is 2.43. The Hall–Kier alpha value is -1.68. The van der Waals surface area contributed by atoms with Gasteiger partial charge in [-0.15, -0.1) is 0 Å². The van der Waals surface area contributed by atoms with Crippen LogP contribution in [0.1, 0.15) is 51.0 Å². The van der Waals surface area contributed by atoms with Gasteiger partial charge >= 0.3 is 5.97 Å². The van der Waals surface area contributed by atoms with Gasteiger partial charge in [0.05, 0.1) is 14.5 Å². The molecule has 0 aliphatic heterocycles. The van der Waals surface area contributed by atoms with Gasteiger partial charge in [-0.2, -0.15) is 0 Å². The molecule has 1 aliphatic rings. The van der Waals surface area contributed by atoms with Crippen LogP contribution in [0.25, 0.3) is 0 Å². The van der Waals surface area contributed by atoms with Crippen LogP contribution in [0.2, 0.25) is 19.6 Å². The largest absolute Gasteiger partial charge is 0.481 e. The molecule has 4 heteroatoms. The summed E-state index contributed by atoms with van der Waals surface area (Å²) in [7, 11) is -1.46. The molecule has 0 heterocycles. The Balaban J connectivity index is 2.03. The summed E-state index contributed by atoms with van der Waals surface area (Å²) in [5.41, 5.74) is 4.98. The Labute approximate surface area is 171 Å². The number of carbonyl (C=O) groups excluding carboxylic acids is 1. The zero-order valence-corrected chi connectivity index (χ0v) is 18.9. The number of rotatable bonds is 9. The van der Waals surface area contributed by atoms with E-state index in [0.29, 0.717) is 30.5 Å². The third-order valence-corrected chi connectivity index (χ3v) is 7.05. The second kappa shape index (κ2) is 10.2. The van der Waals surface area contributed by atoms with Crippen LogP contribution >= 0.6 is 0 Å². The van der Waals surface area contributed by atoms with Gasteiger partial charge in [0.2, 0.25) is 0 Å². The number of carbonyl (C=O) groups is 2. The van der Waals surface area contributed by atoms with Gasteiger partial charge in [-0.1, -0.05) is 68.2 Å². The van der Waals surface area contributed by atoms with Crippen LogP contribution < -0.4 is 0 Å². The fourth-order valence-electron chi connectivity index (χ4n) is 4.44. The second-order valence-corrected chi connectivity index (χ2v) is 14.5. The minimum absolute atomic E-state index is 0.143. The molecule has 1 fully saturated rings. The lowest BCUT2D eigenvalue weighted by Gasteiger charge is -2.38. The molecule has 1 aromatic carbocycles. The van der Waals surface area contributed by atoms with E-state index in [9.17, 15) is 14.7 Å². The van der Waals surface area contributed by atoms with Gasteiger partial charge in [0.1, 0.15) is 5.78 Å². The molecule has 0 aromatic heterocycles. The average molecular weight is 401 g/mol. The van der Waals surface area contributed by atoms with Gasteiger partial charge in [-0.3, -0.25) is 9.59 Å². The Morgan fingerprint density at radius 3 is 2.39 bits per heavy atom. The van der Waals surface area contributed by atoms with Gasteiger partial charge in [-0.25, -0.2) is 0 Å². The first-order valence-corrected chi connectivity index (χ1v) is 14.2. The summed E-state index contributed by atoms with van der Waals surface area (Å²) in [5, 5.41) is 9.36. The quantitative estimate of drug-likeness (QED) is 0.524. The van der Waals surface area contributed by atoms with Gasteiger partial charge in [0.25, 0.3) is 0 Å². The number of Topliss-reactive ketones (excluding diaryl/α,β-unsaturated/α-hetero) is 1. The van der Waals surface area contributed by atoms with E-state index in [-0.39, 0.29) is 12.3 Å². The van der Waals surface area contributed by atoms with E-state index in [1.54, 1.807) is 0 Å². The van der Waals surface area contributed by atoms with E-state index in [2.05, 4.69) is 44.4 Å². The monoisotopic (exact) mass is 400 g/mol. The SMILES string of the molecule is C[C@@H]1CC[C@@H](CC(=O)O)/C(=C\[Si](C)(C)C)[C@H]1CCC(=O)CCc1ccccc1. The minimum atomic E-state index is -1.46. The number of carboxylic acid groups (broad SMARTS) is 1. The zero-order chi connectivity index (χ0) is 20.7. The molecule has 1 aliphatic carbocycles. The fraction of sp³-hybridized carbons (Fsp3) is 0.583. The summed E-state index contributed by atoms with van der Waals surface area (Å²) < 4.78 is 0. The standard InChI is InChI=1S/C24H36O3Si/c1-18-10-12-20(16-24(26)27)23(17-28(2,3)4)22(18)15-14-21(25)13-11-19-8-6-5-7-9-19/h5-9,17-18,20,22H,10-16H2,1-4H3,(H,26,27)/b23-17+/t18-,20+,22+/m1/s1. The lowest BCUT2D eigenvalue weighted by Crippen LogP contribution is -2.31. The van der Waals surface area contributed by atoms with Crippen LogP contribution in [-0.4, -0.2) is 24.9 Å². The molecule has 1 saturated carbocycles. The molecule has 154 valence electrons. The molecule has 28 heavy (non-hydrogen) atoms. The van der Waals surface area contributed by atoms with E-state index in [1.807, 2.05) is 18.2 Å². The van der Waals surface area contributed by atoms with E-state index in [0.717, 1.165) is 25.7 Å². The molecule has 3 nitrogen and oxygen atoms in total. The van der Waals surface area contributed by atoms with Crippen LogP contribution in [-0.2, 0) is 16.0 Å². The highest BCUT2D eigenvalue weighted by molar-refractivity contribution is 6.81. The van der Waals surface area contributed by atoms with E-state index in [4.69, 9.17) is 0 Å². The molecule has 2 rings (SSSR count). The van der Waals surface area contributed by atoms with Gasteiger partial charge in [0, 0.05) is 12.8 Å². The van der Waals surface area contributed by atoms with Gasteiger partial charge in [0.15, 0.2) is 0 Å². The Morgan fingerprint density at radius 1 is 1.11 bits per heavy atom. The molecule has 0 saturated heterocycles. The number of benzene rings is 1. The smallest absolute Gasteiger partial charge is 0.303 e. The first kappa shape index (κ1) is 22.6. The summed E-state index contributed by atoms with van der Waals surface area (Å²) >= 11 is 0. The topological polar surface area (TPSA) is 54.4 Å². The molecule has 0 radical (unpaired) electrons. The maximum Gasteiger partial charge on any atom is 0.303 e. The summed E-state index contributed by atoms with van der Waals surface area (Å²) in [6.07, 6.45) is 5.11. The van der Waals surface area contributed by atoms with Crippen molar-refractivity contribution in [2.45, 2.75) is 71.5 Å². The van der Waals surface area contributed by atoms with Crippen molar-refractivity contribution in [2.75, 3.05) is 0 Å². The molecule has 1 aromatic rings. The number of hydrogen-bond acceptors (Lipinski definition) is 2. The zero-order valence-electron chi connectivity index (χ0n) is 17.9. The number of ketones is 1. The van der Waals surface area contributed by atoms with Crippen LogP contribution in [0.4, 0.5) is 0 Å². The minimum Gasteiger partial charge on any atom is -0.481 e. The van der Waals surface area contributed by atoms with Crippen molar-refractivity contribution in [1.29, 1.82) is 0 Å². The molecule has 0 bridgehead atoms. The van der Waals surface area contributed by atoms with Crippen molar-refractivity contribution in [1.82, 2.24) is 0 Å². The molecular formula is C24H36O3Si. The number of aryl methyl sites for hydroxylation is 1. The van der Waals surface area contributed by atoms with Crippen LogP contribution in [0.15, 0.2) is 41.6 Å². The summed E-state index contributed by atoms with van der Waals surface area (Å²) in [6.45, 7) is 9.19. The van der Waals surface area contributed by atoms with E-state index in [1.165, 1.54) is 11.1 Å². The number of hydrogen-bond donors (Lipinski definition) is 1. The number of aliphatic carboxylic acids is 1. The molecule has 1 N–H and O–H groups in total. The normalized spacial score (nSPS) is 24.3. The third-order valence-electron chi connectivity index (χ3n) is 5.85. The third kappa shape index (κ3) is 7.38. The van der Waals surface area contributed by atoms with Gasteiger partial charge < -0.3 is 5.11 Å². The van der Waals surface area contributed by atoms with Crippen molar-refractivity contribution in [3.8, 4) is 0 Å². The molecule has 0 unspecified atom stereocenters. The first-order chi connectivity index (χ1) is 13.2. The van der Waals surface area contributed by atoms with Crippen molar-refractivity contribution in [2.24, 2.45) is 17.8 Å². The maximum atomic E-state index is 12.5. The van der Waals surface area contributed by atoms with Crippen molar-refractivity contribution in [3.63, 3.8) is 0 Å². The van der Waals surface area contributed by atoms with Crippen LogP contribution in [0.3, 0.4) is 0 Å². The molecule has 3 atom stereocenters.